The standard InChI is InChI=1S/C9H12N2S/c1(5-10-8-3-4-8)2-9-6-12-7-11-9/h1-2,6-8,10H,3-5H2/b2-1+. The Hall–Kier alpha value is -0.670. The molecule has 64 valence electrons. The Bertz CT molecular complexity index is 250. The van der Waals surface area contributed by atoms with Crippen LogP contribution in [0.2, 0.25) is 0 Å². The number of hydrogen-bond acceptors (Lipinski definition) is 3. The second-order valence-corrected chi connectivity index (χ2v) is 3.72. The highest BCUT2D eigenvalue weighted by atomic mass is 32.1. The first-order chi connectivity index (χ1) is 5.95. The van der Waals surface area contributed by atoms with Gasteiger partial charge < -0.3 is 5.32 Å². The molecule has 0 radical (unpaired) electrons. The van der Waals surface area contributed by atoms with Gasteiger partial charge in [-0.15, -0.1) is 11.3 Å². The van der Waals surface area contributed by atoms with E-state index in [4.69, 9.17) is 0 Å². The molecule has 0 bridgehead atoms. The first kappa shape index (κ1) is 7.95. The van der Waals surface area contributed by atoms with Gasteiger partial charge in [0.05, 0.1) is 11.2 Å². The van der Waals surface area contributed by atoms with Crippen LogP contribution in [0, 0.1) is 0 Å². The minimum absolute atomic E-state index is 0.796. The van der Waals surface area contributed by atoms with Crippen molar-refractivity contribution in [3.8, 4) is 0 Å². The van der Waals surface area contributed by atoms with E-state index in [1.165, 1.54) is 12.8 Å². The summed E-state index contributed by atoms with van der Waals surface area (Å²) in [5.41, 5.74) is 2.92. The van der Waals surface area contributed by atoms with Crippen LogP contribution in [0.3, 0.4) is 0 Å². The van der Waals surface area contributed by atoms with E-state index in [1.807, 2.05) is 10.9 Å². The molecule has 1 aliphatic rings. The second kappa shape index (κ2) is 3.83. The van der Waals surface area contributed by atoms with E-state index < -0.39 is 0 Å². The van der Waals surface area contributed by atoms with Gasteiger partial charge in [-0.2, -0.15) is 0 Å². The van der Waals surface area contributed by atoms with Crippen molar-refractivity contribution in [3.63, 3.8) is 0 Å². The molecule has 0 unspecified atom stereocenters. The minimum Gasteiger partial charge on any atom is -0.311 e. The lowest BCUT2D eigenvalue weighted by atomic mass is 10.4. The molecule has 1 saturated carbocycles. The quantitative estimate of drug-likeness (QED) is 0.765. The summed E-state index contributed by atoms with van der Waals surface area (Å²) in [5.74, 6) is 0. The molecule has 12 heavy (non-hydrogen) atoms. The molecule has 2 nitrogen and oxygen atoms in total. The van der Waals surface area contributed by atoms with E-state index in [0.717, 1.165) is 18.3 Å². The highest BCUT2D eigenvalue weighted by molar-refractivity contribution is 7.07. The molecule has 1 N–H and O–H groups in total. The highest BCUT2D eigenvalue weighted by Gasteiger charge is 2.18. The minimum atomic E-state index is 0.796. The first-order valence-electron chi connectivity index (χ1n) is 4.23. The van der Waals surface area contributed by atoms with Gasteiger partial charge in [-0.1, -0.05) is 6.08 Å². The number of thiazole rings is 1. The van der Waals surface area contributed by atoms with Crippen LogP contribution in [0.15, 0.2) is 17.0 Å². The number of aromatic nitrogens is 1. The van der Waals surface area contributed by atoms with E-state index in [2.05, 4.69) is 22.5 Å². The average molecular weight is 180 g/mol. The van der Waals surface area contributed by atoms with Crippen molar-refractivity contribution in [1.82, 2.24) is 10.3 Å². The molecule has 0 aliphatic heterocycles. The molecule has 0 atom stereocenters. The fraction of sp³-hybridized carbons (Fsp3) is 0.444. The predicted molar refractivity (Wildman–Crippen MR) is 52.2 cm³/mol. The Kier molecular flexibility index (Phi) is 2.54. The smallest absolute Gasteiger partial charge is 0.0798 e. The summed E-state index contributed by atoms with van der Waals surface area (Å²) >= 11 is 1.63. The molecule has 1 aromatic heterocycles. The molecule has 1 aliphatic carbocycles. The monoisotopic (exact) mass is 180 g/mol. The first-order valence-corrected chi connectivity index (χ1v) is 5.17. The lowest BCUT2D eigenvalue weighted by molar-refractivity contribution is 0.754. The van der Waals surface area contributed by atoms with Crippen molar-refractivity contribution in [2.75, 3.05) is 6.54 Å². The van der Waals surface area contributed by atoms with Crippen molar-refractivity contribution < 1.29 is 0 Å². The molecule has 0 amide bonds. The lowest BCUT2D eigenvalue weighted by Gasteiger charge is -1.93. The summed E-state index contributed by atoms with van der Waals surface area (Å²) in [4.78, 5) is 4.15. The summed E-state index contributed by atoms with van der Waals surface area (Å²) in [6.07, 6.45) is 6.90. The largest absolute Gasteiger partial charge is 0.311 e. The maximum absolute atomic E-state index is 4.15. The number of hydrogen-bond donors (Lipinski definition) is 1. The number of nitrogens with one attached hydrogen (secondary N) is 1. The topological polar surface area (TPSA) is 24.9 Å². The Labute approximate surface area is 76.3 Å². The summed E-state index contributed by atoms with van der Waals surface area (Å²) in [5, 5.41) is 5.46. The van der Waals surface area contributed by atoms with Gasteiger partial charge in [0.2, 0.25) is 0 Å². The van der Waals surface area contributed by atoms with E-state index in [0.29, 0.717) is 0 Å². The predicted octanol–water partition coefficient (Wildman–Crippen LogP) is 1.91. The van der Waals surface area contributed by atoms with E-state index >= 15 is 0 Å². The summed E-state index contributed by atoms with van der Waals surface area (Å²) in [7, 11) is 0. The van der Waals surface area contributed by atoms with Crippen LogP contribution in [0.25, 0.3) is 6.08 Å². The third kappa shape index (κ3) is 2.43. The van der Waals surface area contributed by atoms with Crippen LogP contribution < -0.4 is 5.32 Å². The van der Waals surface area contributed by atoms with Crippen molar-refractivity contribution in [3.05, 3.63) is 22.7 Å². The molecule has 1 fully saturated rings. The Balaban J connectivity index is 1.70. The number of rotatable bonds is 4. The van der Waals surface area contributed by atoms with Crippen molar-refractivity contribution in [2.45, 2.75) is 18.9 Å². The van der Waals surface area contributed by atoms with E-state index in [-0.39, 0.29) is 0 Å². The molecular weight excluding hydrogens is 168 g/mol. The van der Waals surface area contributed by atoms with Crippen LogP contribution in [-0.2, 0) is 0 Å². The zero-order valence-electron chi connectivity index (χ0n) is 6.86. The molecule has 1 heterocycles. The molecule has 1 aromatic rings. The van der Waals surface area contributed by atoms with Gasteiger partial charge in [0.1, 0.15) is 0 Å². The zero-order valence-corrected chi connectivity index (χ0v) is 7.68. The molecule has 0 spiro atoms. The van der Waals surface area contributed by atoms with Gasteiger partial charge in [0.25, 0.3) is 0 Å². The Morgan fingerprint density at radius 2 is 2.58 bits per heavy atom. The summed E-state index contributed by atoms with van der Waals surface area (Å²) in [6, 6.07) is 0.796. The van der Waals surface area contributed by atoms with Gasteiger partial charge >= 0.3 is 0 Å². The van der Waals surface area contributed by atoms with Gasteiger partial charge in [0.15, 0.2) is 0 Å². The lowest BCUT2D eigenvalue weighted by Crippen LogP contribution is -2.15. The van der Waals surface area contributed by atoms with Crippen molar-refractivity contribution in [2.24, 2.45) is 0 Å². The van der Waals surface area contributed by atoms with Gasteiger partial charge in [-0.3, -0.25) is 0 Å². The highest BCUT2D eigenvalue weighted by Crippen LogP contribution is 2.18. The van der Waals surface area contributed by atoms with Gasteiger partial charge in [0, 0.05) is 18.0 Å². The van der Waals surface area contributed by atoms with Crippen LogP contribution in [0.1, 0.15) is 18.5 Å². The van der Waals surface area contributed by atoms with E-state index in [9.17, 15) is 0 Å². The van der Waals surface area contributed by atoms with Crippen molar-refractivity contribution >= 4 is 17.4 Å². The summed E-state index contributed by atoms with van der Waals surface area (Å²) < 4.78 is 0. The fourth-order valence-corrected chi connectivity index (χ4v) is 1.53. The van der Waals surface area contributed by atoms with Crippen LogP contribution in [-0.4, -0.2) is 17.6 Å². The Morgan fingerprint density at radius 3 is 3.25 bits per heavy atom. The normalized spacial score (nSPS) is 17.3. The third-order valence-electron chi connectivity index (χ3n) is 1.84. The third-order valence-corrected chi connectivity index (χ3v) is 2.45. The van der Waals surface area contributed by atoms with E-state index in [1.54, 1.807) is 11.3 Å². The fourth-order valence-electron chi connectivity index (χ4n) is 1.01. The Morgan fingerprint density at radius 1 is 1.67 bits per heavy atom. The average Bonchev–Trinajstić information content (AvgIpc) is 2.76. The zero-order chi connectivity index (χ0) is 8.23. The van der Waals surface area contributed by atoms with Gasteiger partial charge in [-0.05, 0) is 18.9 Å². The molecular formula is C9H12N2S. The second-order valence-electron chi connectivity index (χ2n) is 3.00. The number of nitrogens with zero attached hydrogens (tertiary/aromatic N) is 1. The molecule has 0 saturated heterocycles. The van der Waals surface area contributed by atoms with Crippen LogP contribution in [0.4, 0.5) is 0 Å². The van der Waals surface area contributed by atoms with Gasteiger partial charge in [-0.25, -0.2) is 4.98 Å². The summed E-state index contributed by atoms with van der Waals surface area (Å²) in [6.45, 7) is 0.974. The molecule has 2 rings (SSSR count). The maximum Gasteiger partial charge on any atom is 0.0798 e. The maximum atomic E-state index is 4.15. The SMILES string of the molecule is C(=C\c1cscn1)/CNC1CC1. The molecule has 0 aromatic carbocycles. The van der Waals surface area contributed by atoms with Crippen LogP contribution in [0.5, 0.6) is 0 Å². The van der Waals surface area contributed by atoms with Crippen LogP contribution >= 0.6 is 11.3 Å². The molecule has 3 heteroatoms. The van der Waals surface area contributed by atoms with Crippen molar-refractivity contribution in [1.29, 1.82) is 0 Å².